The summed E-state index contributed by atoms with van der Waals surface area (Å²) < 4.78 is 15.4. The molecule has 1 unspecified atom stereocenters. The fourth-order valence-corrected chi connectivity index (χ4v) is 4.58. The van der Waals surface area contributed by atoms with Crippen LogP contribution in [0.5, 0.6) is 0 Å². The molecule has 0 aliphatic heterocycles. The van der Waals surface area contributed by atoms with E-state index in [1.807, 2.05) is 25.1 Å². The molecule has 6 heteroatoms. The minimum absolute atomic E-state index is 0.0867. The van der Waals surface area contributed by atoms with Crippen molar-refractivity contribution < 1.29 is 4.39 Å². The van der Waals surface area contributed by atoms with Crippen LogP contribution < -0.4 is 0 Å². The maximum atomic E-state index is 14.4. The molecule has 3 rings (SSSR count). The van der Waals surface area contributed by atoms with E-state index in [9.17, 15) is 4.39 Å². The second kappa shape index (κ2) is 7.70. The first kappa shape index (κ1) is 18.1. The number of hydrogen-bond donors (Lipinski definition) is 1. The van der Waals surface area contributed by atoms with Crippen molar-refractivity contribution in [3.05, 3.63) is 69.8 Å². The highest BCUT2D eigenvalue weighted by Gasteiger charge is 2.28. The van der Waals surface area contributed by atoms with Gasteiger partial charge in [0.15, 0.2) is 0 Å². The smallest absolute Gasteiger partial charge is 0.145 e. The summed E-state index contributed by atoms with van der Waals surface area (Å²) >= 11 is 5.08. The van der Waals surface area contributed by atoms with Gasteiger partial charge in [0.25, 0.3) is 0 Å². The normalized spacial score (nSPS) is 12.6. The first-order valence-corrected chi connectivity index (χ1v) is 9.66. The van der Waals surface area contributed by atoms with Crippen LogP contribution in [0, 0.1) is 18.7 Å². The highest BCUT2D eigenvalue weighted by molar-refractivity contribution is 9.10. The largest absolute Gasteiger partial charge is 0.281 e. The van der Waals surface area contributed by atoms with Gasteiger partial charge in [-0.25, -0.2) is 4.39 Å². The fraction of sp³-hybridized carbons (Fsp3) is 0.263. The molecule has 0 spiro atoms. The van der Waals surface area contributed by atoms with Gasteiger partial charge in [-0.1, -0.05) is 47.6 Å². The predicted octanol–water partition coefficient (Wildman–Crippen LogP) is 5.95. The molecule has 0 amide bonds. The molecule has 130 valence electrons. The van der Waals surface area contributed by atoms with Crippen molar-refractivity contribution in [1.29, 1.82) is 0 Å². The van der Waals surface area contributed by atoms with Crippen LogP contribution >= 0.6 is 27.7 Å². The average molecular weight is 420 g/mol. The number of aromatic nitrogens is 3. The molecule has 3 aromatic rings. The van der Waals surface area contributed by atoms with Crippen LogP contribution in [0.2, 0.25) is 0 Å². The van der Waals surface area contributed by atoms with Gasteiger partial charge in [0, 0.05) is 32.7 Å². The maximum Gasteiger partial charge on any atom is 0.145 e. The molecule has 0 aliphatic carbocycles. The Morgan fingerprint density at radius 2 is 2.04 bits per heavy atom. The monoisotopic (exact) mass is 419 g/mol. The van der Waals surface area contributed by atoms with E-state index in [-0.39, 0.29) is 17.7 Å². The molecule has 0 fully saturated rings. The summed E-state index contributed by atoms with van der Waals surface area (Å²) in [4.78, 5) is 4.96. The summed E-state index contributed by atoms with van der Waals surface area (Å²) in [5.74, 6) is -0.147. The Kier molecular flexibility index (Phi) is 5.59. The third-order valence-corrected chi connectivity index (χ3v) is 5.57. The van der Waals surface area contributed by atoms with Crippen molar-refractivity contribution >= 4 is 27.7 Å². The Labute approximate surface area is 159 Å². The number of H-pyrrole nitrogens is 1. The molecule has 3 nitrogen and oxygen atoms in total. The van der Waals surface area contributed by atoms with Gasteiger partial charge in [-0.2, -0.15) is 5.10 Å². The number of nitrogens with zero attached hydrogens (tertiary/aromatic N) is 2. The molecule has 1 N–H and O–H groups in total. The molecule has 1 atom stereocenters. The Bertz CT molecular complexity index is 879. The maximum absolute atomic E-state index is 14.4. The number of aryl methyl sites for hydroxylation is 1. The van der Waals surface area contributed by atoms with Gasteiger partial charge in [0.05, 0.1) is 6.20 Å². The van der Waals surface area contributed by atoms with Crippen molar-refractivity contribution in [3.8, 4) is 0 Å². The lowest BCUT2D eigenvalue weighted by molar-refractivity contribution is 0.515. The summed E-state index contributed by atoms with van der Waals surface area (Å²) in [6.07, 6.45) is 2.92. The van der Waals surface area contributed by atoms with E-state index in [1.54, 1.807) is 24.0 Å². The van der Waals surface area contributed by atoms with Crippen LogP contribution in [0.4, 0.5) is 4.39 Å². The van der Waals surface area contributed by atoms with Crippen LogP contribution in [0.1, 0.15) is 36.6 Å². The number of hydrogen-bond acceptors (Lipinski definition) is 3. The topological polar surface area (TPSA) is 41.6 Å². The molecule has 2 heterocycles. The van der Waals surface area contributed by atoms with Crippen LogP contribution in [0.25, 0.3) is 0 Å². The van der Waals surface area contributed by atoms with Crippen LogP contribution in [0.3, 0.4) is 0 Å². The Morgan fingerprint density at radius 3 is 2.72 bits per heavy atom. The predicted molar refractivity (Wildman–Crippen MR) is 102 cm³/mol. The zero-order chi connectivity index (χ0) is 18.0. The van der Waals surface area contributed by atoms with Crippen LogP contribution in [-0.4, -0.2) is 15.2 Å². The average Bonchev–Trinajstić information content (AvgIpc) is 2.90. The van der Waals surface area contributed by atoms with E-state index in [4.69, 9.17) is 0 Å². The van der Waals surface area contributed by atoms with Gasteiger partial charge in [-0.3, -0.25) is 10.1 Å². The standard InChI is InChI=1S/C19H19BrFN3S/c1-11(2)17(15-7-8-22-10-16(15)21)18-12(3)23-24-19(18)25-14-6-4-5-13(20)9-14/h4-11,17H,1-3H3,(H,23,24). The number of pyridine rings is 1. The minimum Gasteiger partial charge on any atom is -0.281 e. The van der Waals surface area contributed by atoms with Gasteiger partial charge in [0.1, 0.15) is 10.8 Å². The first-order valence-electron chi connectivity index (χ1n) is 8.05. The van der Waals surface area contributed by atoms with Gasteiger partial charge in [-0.15, -0.1) is 0 Å². The van der Waals surface area contributed by atoms with E-state index in [0.717, 1.165) is 25.7 Å². The zero-order valence-electron chi connectivity index (χ0n) is 14.3. The lowest BCUT2D eigenvalue weighted by Crippen LogP contribution is -2.12. The van der Waals surface area contributed by atoms with E-state index >= 15 is 0 Å². The van der Waals surface area contributed by atoms with E-state index in [2.05, 4.69) is 51.0 Å². The minimum atomic E-state index is -0.278. The molecule has 1 aromatic carbocycles. The highest BCUT2D eigenvalue weighted by Crippen LogP contribution is 2.41. The number of rotatable bonds is 5. The van der Waals surface area contributed by atoms with Gasteiger partial charge in [0.2, 0.25) is 0 Å². The van der Waals surface area contributed by atoms with Crippen molar-refractivity contribution in [3.63, 3.8) is 0 Å². The third kappa shape index (κ3) is 3.96. The number of nitrogens with one attached hydrogen (secondary N) is 1. The third-order valence-electron chi connectivity index (χ3n) is 4.09. The van der Waals surface area contributed by atoms with Crippen molar-refractivity contribution in [2.24, 2.45) is 5.92 Å². The van der Waals surface area contributed by atoms with E-state index in [0.29, 0.717) is 5.56 Å². The van der Waals surface area contributed by atoms with Gasteiger partial charge < -0.3 is 0 Å². The van der Waals surface area contributed by atoms with Crippen molar-refractivity contribution in [2.45, 2.75) is 36.6 Å². The van der Waals surface area contributed by atoms with Crippen LogP contribution in [0.15, 0.2) is 57.1 Å². The molecular formula is C19H19BrFN3S. The molecule has 0 bridgehead atoms. The molecule has 0 saturated heterocycles. The molecule has 0 saturated carbocycles. The summed E-state index contributed by atoms with van der Waals surface area (Å²) in [5.41, 5.74) is 2.67. The Balaban J connectivity index is 2.06. The lowest BCUT2D eigenvalue weighted by atomic mass is 9.83. The van der Waals surface area contributed by atoms with Crippen molar-refractivity contribution in [2.75, 3.05) is 0 Å². The summed E-state index contributed by atoms with van der Waals surface area (Å²) in [5, 5.41) is 8.44. The summed E-state index contributed by atoms with van der Waals surface area (Å²) in [6, 6.07) is 9.84. The zero-order valence-corrected chi connectivity index (χ0v) is 16.7. The van der Waals surface area contributed by atoms with Gasteiger partial charge in [-0.05, 0) is 42.7 Å². The summed E-state index contributed by atoms with van der Waals surface area (Å²) in [7, 11) is 0. The second-order valence-corrected chi connectivity index (χ2v) is 8.22. The van der Waals surface area contributed by atoms with E-state index in [1.165, 1.54) is 6.20 Å². The van der Waals surface area contributed by atoms with Crippen molar-refractivity contribution in [1.82, 2.24) is 15.2 Å². The molecule has 2 aromatic heterocycles. The van der Waals surface area contributed by atoms with Gasteiger partial charge >= 0.3 is 0 Å². The summed E-state index contributed by atoms with van der Waals surface area (Å²) in [6.45, 7) is 6.19. The molecule has 25 heavy (non-hydrogen) atoms. The highest BCUT2D eigenvalue weighted by atomic mass is 79.9. The second-order valence-electron chi connectivity index (χ2n) is 6.25. The number of aromatic amines is 1. The molecule has 0 radical (unpaired) electrons. The molecular weight excluding hydrogens is 401 g/mol. The number of halogens is 2. The molecule has 0 aliphatic rings. The number of benzene rings is 1. The first-order chi connectivity index (χ1) is 12.0. The SMILES string of the molecule is Cc1[nH]nc(Sc2cccc(Br)c2)c1C(c1ccncc1F)C(C)C. The fourth-order valence-electron chi connectivity index (χ4n) is 2.99. The quantitative estimate of drug-likeness (QED) is 0.554. The van der Waals surface area contributed by atoms with E-state index < -0.39 is 0 Å². The lowest BCUT2D eigenvalue weighted by Gasteiger charge is -2.23. The Hall–Kier alpha value is -1.66. The Morgan fingerprint density at radius 1 is 1.24 bits per heavy atom. The van der Waals surface area contributed by atoms with Crippen LogP contribution in [-0.2, 0) is 0 Å².